The van der Waals surface area contributed by atoms with Gasteiger partial charge in [0, 0.05) is 17.3 Å². The molecule has 116 valence electrons. The van der Waals surface area contributed by atoms with Crippen molar-refractivity contribution in [3.05, 3.63) is 72.1 Å². The molecule has 1 aromatic heterocycles. The highest BCUT2D eigenvalue weighted by Gasteiger charge is 2.10. The fraction of sp³-hybridized carbons (Fsp3) is 0.0588. The molecule has 6 heteroatoms. The molecule has 0 amide bonds. The summed E-state index contributed by atoms with van der Waals surface area (Å²) in [6, 6.07) is 10.1. The first kappa shape index (κ1) is 14.9. The van der Waals surface area contributed by atoms with Crippen molar-refractivity contribution in [2.45, 2.75) is 6.42 Å². The summed E-state index contributed by atoms with van der Waals surface area (Å²) in [5.74, 6) is -1.87. The van der Waals surface area contributed by atoms with Crippen molar-refractivity contribution in [3.8, 4) is 16.8 Å². The van der Waals surface area contributed by atoms with Gasteiger partial charge in [0.05, 0.1) is 18.3 Å². The van der Waals surface area contributed by atoms with Crippen LogP contribution in [0.25, 0.3) is 16.8 Å². The van der Waals surface area contributed by atoms with Crippen LogP contribution in [0.1, 0.15) is 5.56 Å². The second-order valence-electron chi connectivity index (χ2n) is 5.03. The van der Waals surface area contributed by atoms with Gasteiger partial charge < -0.3 is 5.11 Å². The zero-order valence-electron chi connectivity index (χ0n) is 11.9. The summed E-state index contributed by atoms with van der Waals surface area (Å²) in [4.78, 5) is 10.7. The average Bonchev–Trinajstić information content (AvgIpc) is 2.97. The third kappa shape index (κ3) is 3.26. The zero-order chi connectivity index (χ0) is 16.4. The third-order valence-electron chi connectivity index (χ3n) is 3.37. The molecule has 3 aromatic rings. The number of nitrogens with zero attached hydrogens (tertiary/aromatic N) is 2. The van der Waals surface area contributed by atoms with Crippen molar-refractivity contribution in [3.63, 3.8) is 0 Å². The van der Waals surface area contributed by atoms with E-state index in [1.54, 1.807) is 24.4 Å². The van der Waals surface area contributed by atoms with E-state index < -0.39 is 11.8 Å². The van der Waals surface area contributed by atoms with Gasteiger partial charge in [0.1, 0.15) is 11.6 Å². The van der Waals surface area contributed by atoms with Crippen LogP contribution in [0.3, 0.4) is 0 Å². The highest BCUT2D eigenvalue weighted by atomic mass is 19.1. The SMILES string of the molecule is O=C(O)Cc1ccc(-c2cnn(-c3ccc(F)cc3)c2)c(F)c1. The van der Waals surface area contributed by atoms with Gasteiger partial charge in [-0.3, -0.25) is 4.79 Å². The molecule has 0 aliphatic heterocycles. The number of aliphatic carboxylic acids is 1. The first-order chi connectivity index (χ1) is 11.0. The van der Waals surface area contributed by atoms with Crippen molar-refractivity contribution >= 4 is 5.97 Å². The number of carboxylic acids is 1. The molecule has 1 N–H and O–H groups in total. The van der Waals surface area contributed by atoms with Crippen LogP contribution in [0.2, 0.25) is 0 Å². The summed E-state index contributed by atoms with van der Waals surface area (Å²) < 4.78 is 28.6. The van der Waals surface area contributed by atoms with E-state index in [4.69, 9.17) is 5.11 Å². The number of carbonyl (C=O) groups is 1. The number of aromatic nitrogens is 2. The monoisotopic (exact) mass is 314 g/mol. The van der Waals surface area contributed by atoms with Crippen LogP contribution in [0, 0.1) is 11.6 Å². The van der Waals surface area contributed by atoms with Crippen LogP contribution in [0.4, 0.5) is 8.78 Å². The Morgan fingerprint density at radius 2 is 1.87 bits per heavy atom. The van der Waals surface area contributed by atoms with E-state index in [2.05, 4.69) is 5.10 Å². The molecule has 4 nitrogen and oxygen atoms in total. The lowest BCUT2D eigenvalue weighted by atomic mass is 10.0. The second kappa shape index (κ2) is 6.00. The quantitative estimate of drug-likeness (QED) is 0.802. The molecule has 1 heterocycles. The zero-order valence-corrected chi connectivity index (χ0v) is 11.9. The predicted octanol–water partition coefficient (Wildman–Crippen LogP) is 3.44. The van der Waals surface area contributed by atoms with Crippen LogP contribution in [-0.4, -0.2) is 20.9 Å². The Morgan fingerprint density at radius 3 is 2.52 bits per heavy atom. The lowest BCUT2D eigenvalue weighted by molar-refractivity contribution is -0.136. The number of halogens is 2. The maximum Gasteiger partial charge on any atom is 0.307 e. The average molecular weight is 314 g/mol. The van der Waals surface area contributed by atoms with E-state index in [1.807, 2.05) is 0 Å². The van der Waals surface area contributed by atoms with E-state index in [1.165, 1.54) is 35.1 Å². The Bertz CT molecular complexity index is 857. The molecule has 0 fully saturated rings. The Hall–Kier alpha value is -3.02. The van der Waals surface area contributed by atoms with E-state index in [0.29, 0.717) is 22.4 Å². The maximum atomic E-state index is 14.2. The summed E-state index contributed by atoms with van der Waals surface area (Å²) in [7, 11) is 0. The molecule has 0 aliphatic rings. The van der Waals surface area contributed by atoms with Gasteiger partial charge in [0.25, 0.3) is 0 Å². The summed E-state index contributed by atoms with van der Waals surface area (Å²) >= 11 is 0. The molecule has 2 aromatic carbocycles. The summed E-state index contributed by atoms with van der Waals surface area (Å²) in [6.45, 7) is 0. The molecule has 0 aliphatic carbocycles. The van der Waals surface area contributed by atoms with Gasteiger partial charge in [-0.15, -0.1) is 0 Å². The fourth-order valence-electron chi connectivity index (χ4n) is 2.27. The molecule has 0 saturated carbocycles. The van der Waals surface area contributed by atoms with Gasteiger partial charge in [0.2, 0.25) is 0 Å². The molecular weight excluding hydrogens is 302 g/mol. The summed E-state index contributed by atoms with van der Waals surface area (Å²) in [5, 5.41) is 12.9. The highest BCUT2D eigenvalue weighted by molar-refractivity contribution is 5.71. The number of hydrogen-bond acceptors (Lipinski definition) is 2. The third-order valence-corrected chi connectivity index (χ3v) is 3.37. The van der Waals surface area contributed by atoms with Gasteiger partial charge in [-0.05, 0) is 35.9 Å². The smallest absolute Gasteiger partial charge is 0.307 e. The minimum absolute atomic E-state index is 0.230. The van der Waals surface area contributed by atoms with Crippen LogP contribution in [0.15, 0.2) is 54.9 Å². The molecule has 0 radical (unpaired) electrons. The van der Waals surface area contributed by atoms with E-state index in [-0.39, 0.29) is 12.2 Å². The normalized spacial score (nSPS) is 10.7. The van der Waals surface area contributed by atoms with Gasteiger partial charge in [-0.25, -0.2) is 13.5 Å². The van der Waals surface area contributed by atoms with Crippen LogP contribution >= 0.6 is 0 Å². The molecule has 0 atom stereocenters. The van der Waals surface area contributed by atoms with Crippen molar-refractivity contribution in [1.82, 2.24) is 9.78 Å². The van der Waals surface area contributed by atoms with E-state index in [0.717, 1.165) is 0 Å². The van der Waals surface area contributed by atoms with Crippen LogP contribution < -0.4 is 0 Å². The van der Waals surface area contributed by atoms with Crippen molar-refractivity contribution in [1.29, 1.82) is 0 Å². The molecule has 0 unspecified atom stereocenters. The fourth-order valence-corrected chi connectivity index (χ4v) is 2.27. The first-order valence-electron chi connectivity index (χ1n) is 6.84. The second-order valence-corrected chi connectivity index (χ2v) is 5.03. The van der Waals surface area contributed by atoms with Crippen molar-refractivity contribution in [2.75, 3.05) is 0 Å². The molecule has 0 spiro atoms. The van der Waals surface area contributed by atoms with Crippen LogP contribution in [0.5, 0.6) is 0 Å². The molecule has 0 bridgehead atoms. The minimum Gasteiger partial charge on any atom is -0.481 e. The van der Waals surface area contributed by atoms with Crippen molar-refractivity contribution in [2.24, 2.45) is 0 Å². The van der Waals surface area contributed by atoms with Gasteiger partial charge in [-0.1, -0.05) is 12.1 Å². The Morgan fingerprint density at radius 1 is 1.13 bits per heavy atom. The lowest BCUT2D eigenvalue weighted by Gasteiger charge is -2.03. The number of hydrogen-bond donors (Lipinski definition) is 1. The molecular formula is C17H12F2N2O2. The molecule has 23 heavy (non-hydrogen) atoms. The number of carboxylic acid groups (broad SMARTS) is 1. The Labute approximate surface area is 130 Å². The Kier molecular flexibility index (Phi) is 3.89. The van der Waals surface area contributed by atoms with Gasteiger partial charge in [-0.2, -0.15) is 5.10 Å². The summed E-state index contributed by atoms with van der Waals surface area (Å²) in [5.41, 5.74) is 1.92. The minimum atomic E-state index is -1.01. The van der Waals surface area contributed by atoms with E-state index in [9.17, 15) is 13.6 Å². The maximum absolute atomic E-state index is 14.2. The standard InChI is InChI=1S/C17H12F2N2O2/c18-13-2-4-14(5-3-13)21-10-12(9-20-21)15-6-1-11(7-16(15)19)8-17(22)23/h1-7,9-10H,8H2,(H,22,23). The first-order valence-corrected chi connectivity index (χ1v) is 6.84. The largest absolute Gasteiger partial charge is 0.481 e. The van der Waals surface area contributed by atoms with Gasteiger partial charge in [0.15, 0.2) is 0 Å². The Balaban J connectivity index is 1.91. The molecule has 3 rings (SSSR count). The molecule has 0 saturated heterocycles. The topological polar surface area (TPSA) is 55.1 Å². The lowest BCUT2D eigenvalue weighted by Crippen LogP contribution is -2.00. The summed E-state index contributed by atoms with van der Waals surface area (Å²) in [6.07, 6.45) is 2.90. The van der Waals surface area contributed by atoms with Crippen LogP contribution in [-0.2, 0) is 11.2 Å². The van der Waals surface area contributed by atoms with Gasteiger partial charge >= 0.3 is 5.97 Å². The van der Waals surface area contributed by atoms with E-state index >= 15 is 0 Å². The van der Waals surface area contributed by atoms with Crippen molar-refractivity contribution < 1.29 is 18.7 Å². The predicted molar refractivity (Wildman–Crippen MR) is 80.3 cm³/mol. The number of benzene rings is 2. The number of rotatable bonds is 4. The highest BCUT2D eigenvalue weighted by Crippen LogP contribution is 2.24.